The molecule has 6 heteroatoms. The molecule has 4 heterocycles. The molecule has 2 aromatic rings. The van der Waals surface area contributed by atoms with E-state index in [0.717, 1.165) is 30.2 Å². The molecule has 2 aromatic heterocycles. The molecule has 1 N–H and O–H groups in total. The fraction of sp³-hybridized carbons (Fsp3) is 0.688. The number of H-pyrrole nitrogens is 1. The Hall–Kier alpha value is -1.85. The first-order valence-electron chi connectivity index (χ1n) is 8.36. The van der Waals surface area contributed by atoms with E-state index in [2.05, 4.69) is 15.0 Å². The minimum Gasteiger partial charge on any atom is -0.339 e. The molecule has 4 atom stereocenters. The third-order valence-corrected chi connectivity index (χ3v) is 5.97. The minimum atomic E-state index is -0.0722. The van der Waals surface area contributed by atoms with Crippen molar-refractivity contribution in [3.8, 4) is 0 Å². The van der Waals surface area contributed by atoms with Crippen molar-refractivity contribution in [2.75, 3.05) is 11.4 Å². The second-order valence-corrected chi connectivity index (χ2v) is 7.48. The Morgan fingerprint density at radius 3 is 2.64 bits per heavy atom. The van der Waals surface area contributed by atoms with E-state index in [1.54, 1.807) is 10.9 Å². The van der Waals surface area contributed by atoms with Gasteiger partial charge in [-0.1, -0.05) is 0 Å². The molecule has 6 nitrogen and oxygen atoms in total. The summed E-state index contributed by atoms with van der Waals surface area (Å²) >= 11 is 0. The van der Waals surface area contributed by atoms with Crippen LogP contribution in [0.15, 0.2) is 11.0 Å². The molecule has 0 amide bonds. The molecule has 0 radical (unpaired) electrons. The number of aromatic nitrogens is 4. The fourth-order valence-corrected chi connectivity index (χ4v) is 5.20. The van der Waals surface area contributed by atoms with Gasteiger partial charge in [0.15, 0.2) is 5.65 Å². The largest absolute Gasteiger partial charge is 0.339 e. The molecule has 116 valence electrons. The van der Waals surface area contributed by atoms with E-state index in [1.165, 1.54) is 32.1 Å². The van der Waals surface area contributed by atoms with Crippen LogP contribution in [-0.4, -0.2) is 32.3 Å². The van der Waals surface area contributed by atoms with E-state index in [1.807, 2.05) is 7.05 Å². The lowest BCUT2D eigenvalue weighted by molar-refractivity contribution is 0.157. The monoisotopic (exact) mass is 299 g/mol. The SMILES string of the molecule is Cn1ncc2c(=O)[nH]c(N3CC4C[C@@H]5CC3C[C@H](C4)C5)nc21. The summed E-state index contributed by atoms with van der Waals surface area (Å²) in [5, 5.41) is 4.74. The van der Waals surface area contributed by atoms with Gasteiger partial charge in [-0.05, 0) is 49.9 Å². The second kappa shape index (κ2) is 4.33. The molecule has 4 fully saturated rings. The Bertz CT molecular complexity index is 779. The van der Waals surface area contributed by atoms with Gasteiger partial charge in [0.1, 0.15) is 5.39 Å². The summed E-state index contributed by atoms with van der Waals surface area (Å²) in [6.45, 7) is 1.05. The van der Waals surface area contributed by atoms with Crippen molar-refractivity contribution in [1.82, 2.24) is 19.7 Å². The normalized spacial score (nSPS) is 33.6. The summed E-state index contributed by atoms with van der Waals surface area (Å²) in [7, 11) is 1.84. The van der Waals surface area contributed by atoms with Crippen LogP contribution in [0.5, 0.6) is 0 Å². The van der Waals surface area contributed by atoms with Gasteiger partial charge in [0.2, 0.25) is 5.95 Å². The van der Waals surface area contributed by atoms with E-state index < -0.39 is 0 Å². The standard InChI is InChI=1S/C16H21N5O/c1-20-14-13(7-17-20)15(22)19-16(18-14)21-8-11-3-9-2-10(4-11)6-12(21)5-9/h7,9-12H,2-6,8H2,1H3,(H,18,19,22)/t9-,10+,11?,12?. The van der Waals surface area contributed by atoms with Crippen molar-refractivity contribution in [3.05, 3.63) is 16.6 Å². The predicted molar refractivity (Wildman–Crippen MR) is 83.8 cm³/mol. The number of aromatic amines is 1. The number of nitrogens with one attached hydrogen (secondary N) is 1. The molecule has 6 rings (SSSR count). The van der Waals surface area contributed by atoms with Gasteiger partial charge in [0.05, 0.1) is 6.20 Å². The summed E-state index contributed by atoms with van der Waals surface area (Å²) in [5.41, 5.74) is 0.611. The number of rotatable bonds is 1. The third kappa shape index (κ3) is 1.76. The first kappa shape index (κ1) is 12.7. The van der Waals surface area contributed by atoms with E-state index in [-0.39, 0.29) is 5.56 Å². The predicted octanol–water partition coefficient (Wildman–Crippen LogP) is 1.67. The van der Waals surface area contributed by atoms with Crippen LogP contribution in [0.3, 0.4) is 0 Å². The van der Waals surface area contributed by atoms with E-state index in [9.17, 15) is 4.79 Å². The molecular formula is C16H21N5O. The molecule has 22 heavy (non-hydrogen) atoms. The molecular weight excluding hydrogens is 278 g/mol. The molecule has 4 aliphatic rings. The van der Waals surface area contributed by atoms with Gasteiger partial charge >= 0.3 is 0 Å². The zero-order valence-electron chi connectivity index (χ0n) is 12.8. The first-order chi connectivity index (χ1) is 10.7. The molecule has 2 unspecified atom stereocenters. The van der Waals surface area contributed by atoms with Crippen LogP contribution < -0.4 is 10.5 Å². The van der Waals surface area contributed by atoms with Crippen LogP contribution in [0, 0.1) is 17.8 Å². The Labute approximate surface area is 128 Å². The molecule has 0 spiro atoms. The maximum Gasteiger partial charge on any atom is 0.263 e. The zero-order chi connectivity index (χ0) is 14.8. The van der Waals surface area contributed by atoms with Crippen LogP contribution in [0.2, 0.25) is 0 Å². The highest BCUT2D eigenvalue weighted by atomic mass is 16.1. The van der Waals surface area contributed by atoms with E-state index in [4.69, 9.17) is 4.98 Å². The molecule has 4 bridgehead atoms. The van der Waals surface area contributed by atoms with Crippen molar-refractivity contribution in [1.29, 1.82) is 0 Å². The summed E-state index contributed by atoms with van der Waals surface area (Å²) < 4.78 is 1.69. The Morgan fingerprint density at radius 1 is 1.14 bits per heavy atom. The first-order valence-corrected chi connectivity index (χ1v) is 8.36. The average molecular weight is 299 g/mol. The summed E-state index contributed by atoms with van der Waals surface area (Å²) in [6.07, 6.45) is 8.27. The van der Waals surface area contributed by atoms with Crippen LogP contribution in [0.4, 0.5) is 5.95 Å². The van der Waals surface area contributed by atoms with Gasteiger partial charge in [0.25, 0.3) is 5.56 Å². The van der Waals surface area contributed by atoms with Crippen LogP contribution in [0.1, 0.15) is 32.1 Å². The zero-order valence-corrected chi connectivity index (χ0v) is 12.8. The molecule has 2 aliphatic carbocycles. The highest BCUT2D eigenvalue weighted by Gasteiger charge is 2.43. The van der Waals surface area contributed by atoms with Crippen LogP contribution in [-0.2, 0) is 7.05 Å². The number of anilines is 1. The minimum absolute atomic E-state index is 0.0722. The van der Waals surface area contributed by atoms with Gasteiger partial charge in [-0.2, -0.15) is 10.1 Å². The van der Waals surface area contributed by atoms with Crippen molar-refractivity contribution < 1.29 is 0 Å². The second-order valence-electron chi connectivity index (χ2n) is 7.48. The third-order valence-electron chi connectivity index (χ3n) is 5.97. The Kier molecular flexibility index (Phi) is 2.50. The highest BCUT2D eigenvalue weighted by Crippen LogP contribution is 2.47. The number of nitrogens with zero attached hydrogens (tertiary/aromatic N) is 4. The smallest absolute Gasteiger partial charge is 0.263 e. The number of aryl methyl sites for hydroxylation is 1. The van der Waals surface area contributed by atoms with Gasteiger partial charge in [-0.3, -0.25) is 14.5 Å². The Balaban J connectivity index is 1.62. The quantitative estimate of drug-likeness (QED) is 0.870. The molecule has 0 aromatic carbocycles. The van der Waals surface area contributed by atoms with E-state index >= 15 is 0 Å². The molecule has 2 saturated heterocycles. The van der Waals surface area contributed by atoms with Crippen molar-refractivity contribution >= 4 is 17.0 Å². The summed E-state index contributed by atoms with van der Waals surface area (Å²) in [5.74, 6) is 3.29. The molecule has 2 saturated carbocycles. The molecule has 2 aliphatic heterocycles. The topological polar surface area (TPSA) is 66.8 Å². The van der Waals surface area contributed by atoms with Gasteiger partial charge < -0.3 is 4.90 Å². The van der Waals surface area contributed by atoms with Crippen molar-refractivity contribution in [2.24, 2.45) is 24.8 Å². The summed E-state index contributed by atoms with van der Waals surface area (Å²) in [6, 6.07) is 0.546. The lowest BCUT2D eigenvalue weighted by atomic mass is 9.68. The van der Waals surface area contributed by atoms with Crippen molar-refractivity contribution in [2.45, 2.75) is 38.1 Å². The van der Waals surface area contributed by atoms with Gasteiger partial charge in [0, 0.05) is 19.6 Å². The number of hydrogen-bond acceptors (Lipinski definition) is 4. The van der Waals surface area contributed by atoms with Gasteiger partial charge in [-0.25, -0.2) is 0 Å². The maximum absolute atomic E-state index is 12.3. The Morgan fingerprint density at radius 2 is 1.86 bits per heavy atom. The lowest BCUT2D eigenvalue weighted by Crippen LogP contribution is -2.40. The average Bonchev–Trinajstić information content (AvgIpc) is 2.74. The fourth-order valence-electron chi connectivity index (χ4n) is 5.20. The summed E-state index contributed by atoms with van der Waals surface area (Å²) in [4.78, 5) is 22.5. The van der Waals surface area contributed by atoms with Crippen LogP contribution in [0.25, 0.3) is 11.0 Å². The van der Waals surface area contributed by atoms with Crippen LogP contribution >= 0.6 is 0 Å². The lowest BCUT2D eigenvalue weighted by Gasteiger charge is -2.39. The highest BCUT2D eigenvalue weighted by molar-refractivity contribution is 5.74. The van der Waals surface area contributed by atoms with Gasteiger partial charge in [-0.15, -0.1) is 0 Å². The number of hydrogen-bond donors (Lipinski definition) is 1. The maximum atomic E-state index is 12.3. The van der Waals surface area contributed by atoms with Crippen molar-refractivity contribution in [3.63, 3.8) is 0 Å². The number of fused-ring (bicyclic) bond motifs is 2. The van der Waals surface area contributed by atoms with E-state index in [0.29, 0.717) is 17.1 Å².